The summed E-state index contributed by atoms with van der Waals surface area (Å²) in [6, 6.07) is 14.7. The van der Waals surface area contributed by atoms with E-state index in [1.54, 1.807) is 29.2 Å². The Morgan fingerprint density at radius 2 is 1.50 bits per heavy atom. The summed E-state index contributed by atoms with van der Waals surface area (Å²) in [5, 5.41) is 12.6. The molecule has 0 radical (unpaired) electrons. The normalized spacial score (nSPS) is 13.2. The Kier molecular flexibility index (Phi) is 5.78. The molecule has 166 valence electrons. The number of carbonyl (C=O) groups excluding carboxylic acids is 2. The Bertz CT molecular complexity index is 1180. The zero-order chi connectivity index (χ0) is 23.0. The van der Waals surface area contributed by atoms with Gasteiger partial charge in [-0.15, -0.1) is 0 Å². The lowest BCUT2D eigenvalue weighted by Crippen LogP contribution is -2.25. The van der Waals surface area contributed by atoms with Crippen LogP contribution < -0.4 is 19.5 Å². The van der Waals surface area contributed by atoms with Gasteiger partial charge in [-0.2, -0.15) is 0 Å². The van der Waals surface area contributed by atoms with E-state index in [0.717, 1.165) is 16.3 Å². The van der Waals surface area contributed by atoms with Crippen LogP contribution in [-0.2, 0) is 17.8 Å². The molecule has 32 heavy (non-hydrogen) atoms. The summed E-state index contributed by atoms with van der Waals surface area (Å²) in [4.78, 5) is 26.2. The van der Waals surface area contributed by atoms with E-state index in [0.29, 0.717) is 34.9 Å². The maximum absolute atomic E-state index is 13.6. The van der Waals surface area contributed by atoms with Crippen LogP contribution in [0.2, 0.25) is 0 Å². The van der Waals surface area contributed by atoms with Crippen molar-refractivity contribution in [3.63, 3.8) is 0 Å². The molecule has 0 aliphatic carbocycles. The largest absolute Gasteiger partial charge is 0.550 e. The number of amides is 1. The minimum atomic E-state index is -1.14. The summed E-state index contributed by atoms with van der Waals surface area (Å²) in [5.41, 5.74) is 2.63. The van der Waals surface area contributed by atoms with E-state index in [2.05, 4.69) is 0 Å². The first-order chi connectivity index (χ1) is 15.3. The lowest BCUT2D eigenvalue weighted by Gasteiger charge is -2.20. The van der Waals surface area contributed by atoms with Crippen LogP contribution in [0.15, 0.2) is 48.5 Å². The van der Waals surface area contributed by atoms with Crippen molar-refractivity contribution in [1.29, 1.82) is 0 Å². The first-order valence-electron chi connectivity index (χ1n) is 10.8. The quantitative estimate of drug-likeness (QED) is 0.566. The number of benzene rings is 3. The molecule has 0 atom stereocenters. The van der Waals surface area contributed by atoms with E-state index in [9.17, 15) is 14.7 Å². The highest BCUT2D eigenvalue weighted by molar-refractivity contribution is 6.16. The van der Waals surface area contributed by atoms with Crippen LogP contribution in [0.1, 0.15) is 49.2 Å². The Morgan fingerprint density at radius 3 is 2.06 bits per heavy atom. The van der Waals surface area contributed by atoms with E-state index in [4.69, 9.17) is 9.47 Å². The summed E-state index contributed by atoms with van der Waals surface area (Å²) in [6.45, 7) is 8.14. The number of hydrogen-bond donors (Lipinski definition) is 0. The van der Waals surface area contributed by atoms with Crippen LogP contribution in [0.25, 0.3) is 10.8 Å². The van der Waals surface area contributed by atoms with Crippen molar-refractivity contribution in [2.45, 2.75) is 52.9 Å². The van der Waals surface area contributed by atoms with Crippen molar-refractivity contribution in [1.82, 2.24) is 0 Å². The second-order valence-electron chi connectivity index (χ2n) is 8.50. The molecule has 4 rings (SSSR count). The first kappa shape index (κ1) is 21.7. The fourth-order valence-electron chi connectivity index (χ4n) is 4.07. The van der Waals surface area contributed by atoms with Gasteiger partial charge < -0.3 is 24.3 Å². The highest BCUT2D eigenvalue weighted by Gasteiger charge is 2.37. The smallest absolute Gasteiger partial charge is 0.262 e. The molecule has 1 aliphatic rings. The Labute approximate surface area is 187 Å². The molecule has 1 aliphatic heterocycles. The summed E-state index contributed by atoms with van der Waals surface area (Å²) >= 11 is 0. The highest BCUT2D eigenvalue weighted by Crippen LogP contribution is 2.46. The van der Waals surface area contributed by atoms with E-state index < -0.39 is 5.97 Å². The van der Waals surface area contributed by atoms with Crippen molar-refractivity contribution >= 4 is 28.3 Å². The summed E-state index contributed by atoms with van der Waals surface area (Å²) in [6.07, 6.45) is -0.337. The van der Waals surface area contributed by atoms with E-state index >= 15 is 0 Å². The number of fused-ring (bicyclic) bond motifs is 2. The van der Waals surface area contributed by atoms with Gasteiger partial charge in [-0.25, -0.2) is 0 Å². The van der Waals surface area contributed by atoms with Crippen LogP contribution in [0.5, 0.6) is 11.5 Å². The SMILES string of the molecule is CC(C)Oc1c2c(c(OC(C)C)c3ccccc13)C(=O)N(c1ccc(CC(=O)[O-])cc1)C2. The standard InChI is InChI=1S/C26H27NO5/c1-15(2)31-24-19-7-5-6-8-20(19)25(32-16(3)4)23-21(24)14-27(26(23)30)18-11-9-17(10-12-18)13-22(28)29/h5-12,15-16H,13-14H2,1-4H3,(H,28,29)/p-1. The van der Waals surface area contributed by atoms with Gasteiger partial charge in [0.15, 0.2) is 0 Å². The minimum Gasteiger partial charge on any atom is -0.550 e. The number of carbonyl (C=O) groups is 2. The summed E-state index contributed by atoms with van der Waals surface area (Å²) in [5.74, 6) is -0.0309. The molecular formula is C26H26NO5-. The molecule has 3 aromatic carbocycles. The molecule has 0 saturated carbocycles. The van der Waals surface area contributed by atoms with E-state index in [1.165, 1.54) is 0 Å². The third-order valence-corrected chi connectivity index (χ3v) is 5.30. The number of anilines is 1. The molecule has 0 saturated heterocycles. The average Bonchev–Trinajstić information content (AvgIpc) is 3.07. The summed E-state index contributed by atoms with van der Waals surface area (Å²) < 4.78 is 12.4. The molecule has 0 bridgehead atoms. The van der Waals surface area contributed by atoms with Gasteiger partial charge in [0.25, 0.3) is 5.91 Å². The lowest BCUT2D eigenvalue weighted by molar-refractivity contribution is -0.304. The van der Waals surface area contributed by atoms with Crippen LogP contribution in [0.4, 0.5) is 5.69 Å². The van der Waals surface area contributed by atoms with Crippen LogP contribution in [-0.4, -0.2) is 24.1 Å². The molecule has 6 heteroatoms. The fraction of sp³-hybridized carbons (Fsp3) is 0.308. The Morgan fingerprint density at radius 1 is 0.938 bits per heavy atom. The van der Waals surface area contributed by atoms with Crippen molar-refractivity contribution in [2.24, 2.45) is 0 Å². The molecule has 3 aromatic rings. The van der Waals surface area contributed by atoms with Crippen LogP contribution in [0.3, 0.4) is 0 Å². The van der Waals surface area contributed by atoms with Gasteiger partial charge in [-0.1, -0.05) is 36.4 Å². The van der Waals surface area contributed by atoms with Gasteiger partial charge in [0.05, 0.1) is 24.3 Å². The Balaban J connectivity index is 1.86. The number of carboxylic acid groups (broad SMARTS) is 1. The molecule has 1 heterocycles. The van der Waals surface area contributed by atoms with E-state index in [1.807, 2.05) is 52.0 Å². The number of rotatable bonds is 7. The van der Waals surface area contributed by atoms with Gasteiger partial charge in [0, 0.05) is 34.4 Å². The maximum Gasteiger partial charge on any atom is 0.262 e. The van der Waals surface area contributed by atoms with Gasteiger partial charge in [-0.3, -0.25) is 4.79 Å². The second kappa shape index (κ2) is 8.54. The predicted octanol–water partition coefficient (Wildman–Crippen LogP) is 3.87. The molecule has 1 amide bonds. The molecule has 0 unspecified atom stereocenters. The van der Waals surface area contributed by atoms with Gasteiger partial charge in [0.2, 0.25) is 0 Å². The second-order valence-corrected chi connectivity index (χ2v) is 8.50. The van der Waals surface area contributed by atoms with Gasteiger partial charge >= 0.3 is 0 Å². The molecule has 6 nitrogen and oxygen atoms in total. The summed E-state index contributed by atoms with van der Waals surface area (Å²) in [7, 11) is 0. The minimum absolute atomic E-state index is 0.0626. The number of nitrogens with zero attached hydrogens (tertiary/aromatic N) is 1. The maximum atomic E-state index is 13.6. The predicted molar refractivity (Wildman–Crippen MR) is 121 cm³/mol. The highest BCUT2D eigenvalue weighted by atomic mass is 16.5. The fourth-order valence-corrected chi connectivity index (χ4v) is 4.07. The number of carboxylic acids is 1. The van der Waals surface area contributed by atoms with Crippen molar-refractivity contribution in [2.75, 3.05) is 4.90 Å². The third kappa shape index (κ3) is 4.00. The molecule has 0 N–H and O–H groups in total. The van der Waals surface area contributed by atoms with Crippen LogP contribution >= 0.6 is 0 Å². The molecule has 0 spiro atoms. The number of hydrogen-bond acceptors (Lipinski definition) is 5. The lowest BCUT2D eigenvalue weighted by atomic mass is 9.99. The number of ether oxygens (including phenoxy) is 2. The number of aliphatic carboxylic acids is 1. The third-order valence-electron chi connectivity index (χ3n) is 5.30. The zero-order valence-electron chi connectivity index (χ0n) is 18.7. The zero-order valence-corrected chi connectivity index (χ0v) is 18.7. The van der Waals surface area contributed by atoms with Gasteiger partial charge in [-0.05, 0) is 45.4 Å². The van der Waals surface area contributed by atoms with Crippen LogP contribution in [0, 0.1) is 0 Å². The topological polar surface area (TPSA) is 78.9 Å². The van der Waals surface area contributed by atoms with Crippen molar-refractivity contribution < 1.29 is 24.2 Å². The average molecular weight is 432 g/mol. The van der Waals surface area contributed by atoms with E-state index in [-0.39, 0.29) is 24.5 Å². The molecular weight excluding hydrogens is 406 g/mol. The van der Waals surface area contributed by atoms with Crippen molar-refractivity contribution in [3.8, 4) is 11.5 Å². The van der Waals surface area contributed by atoms with Crippen molar-refractivity contribution in [3.05, 3.63) is 65.2 Å². The molecule has 0 aromatic heterocycles. The Hall–Kier alpha value is -3.54. The first-order valence-corrected chi connectivity index (χ1v) is 10.8. The van der Waals surface area contributed by atoms with Gasteiger partial charge in [0.1, 0.15) is 11.5 Å². The monoisotopic (exact) mass is 432 g/mol. The molecule has 0 fully saturated rings.